The number of carbonyl (C=O) groups excluding carboxylic acids is 1. The molecule has 0 radical (unpaired) electrons. The zero-order chi connectivity index (χ0) is 25.2. The van der Waals surface area contributed by atoms with Crippen LogP contribution in [-0.4, -0.2) is 48.3 Å². The van der Waals surface area contributed by atoms with Crippen molar-refractivity contribution in [3.05, 3.63) is 48.0 Å². The van der Waals surface area contributed by atoms with Gasteiger partial charge in [0.25, 0.3) is 0 Å². The zero-order valence-electron chi connectivity index (χ0n) is 19.2. The third kappa shape index (κ3) is 5.36. The fraction of sp³-hybridized carbons (Fsp3) is 0.304. The lowest BCUT2D eigenvalue weighted by Gasteiger charge is -2.23. The molecule has 1 aromatic carbocycles. The Kier molecular flexibility index (Phi) is 6.63. The van der Waals surface area contributed by atoms with Crippen molar-refractivity contribution >= 4 is 23.4 Å². The summed E-state index contributed by atoms with van der Waals surface area (Å²) in [6, 6.07) is 9.14. The first-order chi connectivity index (χ1) is 16.7. The minimum absolute atomic E-state index is 0.0101. The van der Waals surface area contributed by atoms with Crippen LogP contribution in [0.2, 0.25) is 0 Å². The van der Waals surface area contributed by atoms with Crippen molar-refractivity contribution in [1.29, 1.82) is 0 Å². The minimum atomic E-state index is -4.48. The van der Waals surface area contributed by atoms with Crippen molar-refractivity contribution in [3.8, 4) is 23.1 Å². The number of benzene rings is 1. The van der Waals surface area contributed by atoms with Gasteiger partial charge in [-0.3, -0.25) is 10.2 Å². The third-order valence-electron chi connectivity index (χ3n) is 5.31. The molecule has 4 rings (SSSR count). The molecular formula is C23H23F3N6O3. The summed E-state index contributed by atoms with van der Waals surface area (Å²) < 4.78 is 49.8. The molecular weight excluding hydrogens is 465 g/mol. The van der Waals surface area contributed by atoms with Gasteiger partial charge in [0, 0.05) is 24.7 Å². The fourth-order valence-corrected chi connectivity index (χ4v) is 3.57. The van der Waals surface area contributed by atoms with Gasteiger partial charge in [0.1, 0.15) is 5.82 Å². The first-order valence-electron chi connectivity index (χ1n) is 10.7. The maximum Gasteiger partial charge on any atom is 0.416 e. The molecule has 1 aliphatic heterocycles. The quantitative estimate of drug-likeness (QED) is 0.550. The zero-order valence-corrected chi connectivity index (χ0v) is 19.2. The number of ether oxygens (including phenoxy) is 2. The van der Waals surface area contributed by atoms with Crippen molar-refractivity contribution in [2.75, 3.05) is 42.8 Å². The highest BCUT2D eigenvalue weighted by atomic mass is 19.4. The Balaban J connectivity index is 1.70. The number of urea groups is 1. The summed E-state index contributed by atoms with van der Waals surface area (Å²) in [6.07, 6.45) is -4.48. The second-order valence-electron chi connectivity index (χ2n) is 7.96. The van der Waals surface area contributed by atoms with E-state index in [9.17, 15) is 18.0 Å². The smallest absolute Gasteiger partial charge is 0.416 e. The summed E-state index contributed by atoms with van der Waals surface area (Å²) in [5.41, 5.74) is 0.387. The number of pyridine rings is 1. The van der Waals surface area contributed by atoms with Crippen LogP contribution < -0.4 is 25.0 Å². The number of carbonyl (C=O) groups is 1. The maximum atomic E-state index is 13.3. The summed E-state index contributed by atoms with van der Waals surface area (Å²) in [6.45, 7) is 2.85. The van der Waals surface area contributed by atoms with E-state index in [-0.39, 0.29) is 35.0 Å². The lowest BCUT2D eigenvalue weighted by atomic mass is 10.1. The Labute approximate surface area is 199 Å². The summed E-state index contributed by atoms with van der Waals surface area (Å²) in [7, 11) is 2.81. The molecule has 9 nitrogen and oxygen atoms in total. The van der Waals surface area contributed by atoms with Crippen LogP contribution in [0, 0.1) is 5.92 Å². The molecule has 0 fully saturated rings. The molecule has 3 heterocycles. The second-order valence-corrected chi connectivity index (χ2v) is 7.96. The summed E-state index contributed by atoms with van der Waals surface area (Å²) in [5, 5.41) is 5.94. The molecule has 0 saturated heterocycles. The molecule has 35 heavy (non-hydrogen) atoms. The maximum absolute atomic E-state index is 13.3. The molecule has 184 valence electrons. The normalized spacial score (nSPS) is 15.5. The van der Waals surface area contributed by atoms with Crippen LogP contribution in [0.15, 0.2) is 42.5 Å². The molecule has 2 N–H and O–H groups in total. The highest BCUT2D eigenvalue weighted by molar-refractivity contribution is 6.03. The average Bonchev–Trinajstić information content (AvgIpc) is 3.01. The molecule has 2 aromatic heterocycles. The van der Waals surface area contributed by atoms with E-state index in [2.05, 4.69) is 25.6 Å². The summed E-state index contributed by atoms with van der Waals surface area (Å²) >= 11 is 0. The van der Waals surface area contributed by atoms with Crippen molar-refractivity contribution in [2.45, 2.75) is 13.1 Å². The molecule has 0 aliphatic carbocycles. The first-order valence-corrected chi connectivity index (χ1v) is 10.7. The Hall–Kier alpha value is -4.09. The molecule has 0 bridgehead atoms. The highest BCUT2D eigenvalue weighted by Gasteiger charge is 2.31. The largest absolute Gasteiger partial charge is 0.481 e. The van der Waals surface area contributed by atoms with Crippen LogP contribution in [-0.2, 0) is 6.18 Å². The van der Waals surface area contributed by atoms with Gasteiger partial charge in [0.05, 0.1) is 31.2 Å². The molecule has 3 aromatic rings. The topological polar surface area (TPSA) is 102 Å². The van der Waals surface area contributed by atoms with Crippen molar-refractivity contribution in [3.63, 3.8) is 0 Å². The Morgan fingerprint density at radius 3 is 2.63 bits per heavy atom. The van der Waals surface area contributed by atoms with Crippen LogP contribution in [0.5, 0.6) is 11.9 Å². The van der Waals surface area contributed by atoms with Crippen LogP contribution in [0.4, 0.5) is 35.3 Å². The molecule has 0 saturated carbocycles. The van der Waals surface area contributed by atoms with Crippen LogP contribution in [0.3, 0.4) is 0 Å². The summed E-state index contributed by atoms with van der Waals surface area (Å²) in [5.74, 6) is 0.693. The standard InChI is InChI=1S/C23H23F3N6O3/c1-13-11-27-17-8-7-16(14-5-4-6-15(9-14)23(24,25)26)28-20(17)32(12-13)22(33)30-18-10-19(34-2)31-21(29-18)35-3/h4-10,13,27H,11-12H2,1-3H3,(H,29,30,31,33)/t13-/m1/s1. The van der Waals surface area contributed by atoms with Gasteiger partial charge in [0.15, 0.2) is 5.82 Å². The van der Waals surface area contributed by atoms with E-state index >= 15 is 0 Å². The number of nitrogens with one attached hydrogen (secondary N) is 2. The number of hydrogen-bond donors (Lipinski definition) is 2. The highest BCUT2D eigenvalue weighted by Crippen LogP contribution is 2.35. The number of anilines is 3. The Morgan fingerprint density at radius 1 is 1.11 bits per heavy atom. The van der Waals surface area contributed by atoms with E-state index in [1.54, 1.807) is 18.2 Å². The van der Waals surface area contributed by atoms with Gasteiger partial charge in [0.2, 0.25) is 5.88 Å². The van der Waals surface area contributed by atoms with Crippen LogP contribution in [0.25, 0.3) is 11.3 Å². The molecule has 0 unspecified atom stereocenters. The number of halogens is 3. The number of rotatable bonds is 4. The number of methoxy groups -OCH3 is 2. The van der Waals surface area contributed by atoms with E-state index in [1.807, 2.05) is 6.92 Å². The Morgan fingerprint density at radius 2 is 1.91 bits per heavy atom. The number of alkyl halides is 3. The predicted octanol–water partition coefficient (Wildman–Crippen LogP) is 4.67. The average molecular weight is 488 g/mol. The predicted molar refractivity (Wildman–Crippen MR) is 124 cm³/mol. The lowest BCUT2D eigenvalue weighted by Crippen LogP contribution is -2.38. The van der Waals surface area contributed by atoms with E-state index in [0.29, 0.717) is 24.5 Å². The van der Waals surface area contributed by atoms with Gasteiger partial charge >= 0.3 is 18.2 Å². The molecule has 1 aliphatic rings. The number of aromatic nitrogens is 3. The number of hydrogen-bond acceptors (Lipinski definition) is 7. The van der Waals surface area contributed by atoms with E-state index < -0.39 is 17.8 Å². The molecule has 12 heteroatoms. The van der Waals surface area contributed by atoms with Gasteiger partial charge in [-0.15, -0.1) is 0 Å². The number of amides is 2. The molecule has 2 amide bonds. The van der Waals surface area contributed by atoms with E-state index in [1.165, 1.54) is 31.3 Å². The van der Waals surface area contributed by atoms with E-state index in [0.717, 1.165) is 12.1 Å². The number of nitrogens with zero attached hydrogens (tertiary/aromatic N) is 4. The van der Waals surface area contributed by atoms with Crippen LogP contribution >= 0.6 is 0 Å². The van der Waals surface area contributed by atoms with Crippen molar-refractivity contribution in [2.24, 2.45) is 5.92 Å². The van der Waals surface area contributed by atoms with Gasteiger partial charge in [-0.1, -0.05) is 19.1 Å². The van der Waals surface area contributed by atoms with Gasteiger partial charge < -0.3 is 14.8 Å². The van der Waals surface area contributed by atoms with Gasteiger partial charge in [-0.05, 0) is 30.2 Å². The fourth-order valence-electron chi connectivity index (χ4n) is 3.57. The van der Waals surface area contributed by atoms with Gasteiger partial charge in [-0.25, -0.2) is 9.78 Å². The third-order valence-corrected chi connectivity index (χ3v) is 5.31. The van der Waals surface area contributed by atoms with Crippen molar-refractivity contribution in [1.82, 2.24) is 15.0 Å². The number of fused-ring (bicyclic) bond motifs is 1. The molecule has 0 spiro atoms. The molecule has 1 atom stereocenters. The van der Waals surface area contributed by atoms with Crippen molar-refractivity contribution < 1.29 is 27.4 Å². The second kappa shape index (κ2) is 9.65. The first kappa shape index (κ1) is 24.0. The Bertz CT molecular complexity index is 1220. The lowest BCUT2D eigenvalue weighted by molar-refractivity contribution is -0.137. The SMILES string of the molecule is COc1cc(NC(=O)N2C[C@H](C)CNc3ccc(-c4cccc(C(F)(F)F)c4)nc32)nc(OC)n1. The minimum Gasteiger partial charge on any atom is -0.481 e. The monoisotopic (exact) mass is 488 g/mol. The van der Waals surface area contributed by atoms with E-state index in [4.69, 9.17) is 9.47 Å². The van der Waals surface area contributed by atoms with Gasteiger partial charge in [-0.2, -0.15) is 23.1 Å². The summed E-state index contributed by atoms with van der Waals surface area (Å²) in [4.78, 5) is 27.4. The van der Waals surface area contributed by atoms with Crippen LogP contribution in [0.1, 0.15) is 12.5 Å².